The van der Waals surface area contributed by atoms with Crippen molar-refractivity contribution in [2.45, 2.75) is 24.9 Å². The summed E-state index contributed by atoms with van der Waals surface area (Å²) in [6, 6.07) is 0. The van der Waals surface area contributed by atoms with Gasteiger partial charge in [0.1, 0.15) is 11.0 Å². The molecule has 0 aliphatic rings. The highest BCUT2D eigenvalue weighted by Gasteiger charge is 2.14. The summed E-state index contributed by atoms with van der Waals surface area (Å²) in [6.07, 6.45) is 0. The van der Waals surface area contributed by atoms with Crippen molar-refractivity contribution in [3.63, 3.8) is 0 Å². The van der Waals surface area contributed by atoms with Crippen molar-refractivity contribution in [3.8, 4) is 5.88 Å². The normalized spacial score (nSPS) is 11.4. The third-order valence-electron chi connectivity index (χ3n) is 1.96. The van der Waals surface area contributed by atoms with Gasteiger partial charge in [0.25, 0.3) is 0 Å². The lowest BCUT2D eigenvalue weighted by Crippen LogP contribution is -1.91. The van der Waals surface area contributed by atoms with E-state index in [0.717, 1.165) is 5.69 Å². The maximum Gasteiger partial charge on any atom is 0.241 e. The van der Waals surface area contributed by atoms with Crippen LogP contribution in [0.4, 0.5) is 0 Å². The van der Waals surface area contributed by atoms with E-state index in [1.165, 1.54) is 0 Å². The number of aromatic nitrogens is 4. The second-order valence-electron chi connectivity index (χ2n) is 3.33. The molecule has 0 aliphatic heterocycles. The van der Waals surface area contributed by atoms with Gasteiger partial charge in [0, 0.05) is 0 Å². The molecule has 0 aliphatic carbocycles. The molecule has 0 fully saturated rings. The van der Waals surface area contributed by atoms with Gasteiger partial charge >= 0.3 is 0 Å². The van der Waals surface area contributed by atoms with Crippen LogP contribution in [0.15, 0.2) is 5.16 Å². The van der Waals surface area contributed by atoms with Crippen LogP contribution in [0.25, 0.3) is 11.0 Å². The van der Waals surface area contributed by atoms with Crippen LogP contribution >= 0.6 is 12.6 Å². The maximum atomic E-state index is 9.48. The molecule has 0 radical (unpaired) electrons. The molecule has 0 amide bonds. The second kappa shape index (κ2) is 3.13. The lowest BCUT2D eigenvalue weighted by molar-refractivity contribution is 0.452. The SMILES string of the molecule is CC(C)c1n[nH]c2c(O)nc(S)nc12. The molecule has 2 heterocycles. The topological polar surface area (TPSA) is 74.7 Å². The zero-order valence-corrected chi connectivity index (χ0v) is 8.71. The van der Waals surface area contributed by atoms with Crippen LogP contribution in [0.2, 0.25) is 0 Å². The molecule has 0 atom stereocenters. The minimum Gasteiger partial charge on any atom is -0.492 e. The van der Waals surface area contributed by atoms with Gasteiger partial charge in [-0.1, -0.05) is 13.8 Å². The molecule has 0 saturated carbocycles. The zero-order chi connectivity index (χ0) is 10.3. The number of rotatable bonds is 1. The molecule has 5 nitrogen and oxygen atoms in total. The Morgan fingerprint density at radius 3 is 2.71 bits per heavy atom. The van der Waals surface area contributed by atoms with Gasteiger partial charge in [-0.3, -0.25) is 5.10 Å². The van der Waals surface area contributed by atoms with E-state index in [9.17, 15) is 5.11 Å². The average molecular weight is 210 g/mol. The van der Waals surface area contributed by atoms with Crippen molar-refractivity contribution in [2.24, 2.45) is 0 Å². The van der Waals surface area contributed by atoms with Crippen LogP contribution in [0.3, 0.4) is 0 Å². The highest BCUT2D eigenvalue weighted by molar-refractivity contribution is 7.80. The van der Waals surface area contributed by atoms with Crippen LogP contribution in [0.5, 0.6) is 5.88 Å². The first-order valence-corrected chi connectivity index (χ1v) is 4.68. The van der Waals surface area contributed by atoms with E-state index in [1.54, 1.807) is 0 Å². The summed E-state index contributed by atoms with van der Waals surface area (Å²) in [6.45, 7) is 4.01. The van der Waals surface area contributed by atoms with Gasteiger partial charge in [-0.05, 0) is 5.92 Å². The lowest BCUT2D eigenvalue weighted by atomic mass is 10.1. The van der Waals surface area contributed by atoms with E-state index >= 15 is 0 Å². The van der Waals surface area contributed by atoms with Crippen molar-refractivity contribution in [1.82, 2.24) is 20.2 Å². The number of aromatic amines is 1. The number of hydrogen-bond acceptors (Lipinski definition) is 5. The lowest BCUT2D eigenvalue weighted by Gasteiger charge is -1.99. The van der Waals surface area contributed by atoms with E-state index in [-0.39, 0.29) is 17.0 Å². The Balaban J connectivity index is 2.78. The monoisotopic (exact) mass is 210 g/mol. The molecular weight excluding hydrogens is 200 g/mol. The fraction of sp³-hybridized carbons (Fsp3) is 0.375. The van der Waals surface area contributed by atoms with Crippen molar-refractivity contribution < 1.29 is 5.11 Å². The molecule has 0 aromatic carbocycles. The Bertz CT molecular complexity index is 479. The summed E-state index contributed by atoms with van der Waals surface area (Å²) in [5.41, 5.74) is 1.91. The number of nitrogens with zero attached hydrogens (tertiary/aromatic N) is 3. The quantitative estimate of drug-likeness (QED) is 0.492. The first kappa shape index (κ1) is 9.26. The minimum absolute atomic E-state index is 0.112. The number of thiol groups is 1. The zero-order valence-electron chi connectivity index (χ0n) is 7.81. The molecule has 14 heavy (non-hydrogen) atoms. The molecule has 2 rings (SSSR count). The van der Waals surface area contributed by atoms with Crippen LogP contribution in [-0.2, 0) is 0 Å². The van der Waals surface area contributed by atoms with Gasteiger partial charge in [0.2, 0.25) is 5.88 Å². The molecule has 74 valence electrons. The van der Waals surface area contributed by atoms with Gasteiger partial charge in [0.05, 0.1) is 5.69 Å². The molecule has 2 N–H and O–H groups in total. The van der Waals surface area contributed by atoms with E-state index < -0.39 is 0 Å². The maximum absolute atomic E-state index is 9.48. The van der Waals surface area contributed by atoms with Gasteiger partial charge in [-0.15, -0.1) is 12.6 Å². The molecule has 0 saturated heterocycles. The number of H-pyrrole nitrogens is 1. The Kier molecular flexibility index (Phi) is 2.07. The Morgan fingerprint density at radius 1 is 1.36 bits per heavy atom. The summed E-state index contributed by atoms with van der Waals surface area (Å²) >= 11 is 4.00. The van der Waals surface area contributed by atoms with E-state index in [1.807, 2.05) is 13.8 Å². The number of nitrogens with one attached hydrogen (secondary N) is 1. The molecule has 2 aromatic rings. The van der Waals surface area contributed by atoms with Crippen LogP contribution < -0.4 is 0 Å². The summed E-state index contributed by atoms with van der Waals surface area (Å²) in [5, 5.41) is 16.5. The van der Waals surface area contributed by atoms with Crippen LogP contribution in [0.1, 0.15) is 25.5 Å². The molecule has 0 unspecified atom stereocenters. The molecule has 0 spiro atoms. The smallest absolute Gasteiger partial charge is 0.241 e. The first-order valence-electron chi connectivity index (χ1n) is 4.23. The average Bonchev–Trinajstić information content (AvgIpc) is 2.47. The fourth-order valence-electron chi connectivity index (χ4n) is 1.30. The van der Waals surface area contributed by atoms with Crippen molar-refractivity contribution in [2.75, 3.05) is 0 Å². The minimum atomic E-state index is -0.112. The van der Waals surface area contributed by atoms with Crippen molar-refractivity contribution in [1.29, 1.82) is 0 Å². The number of fused-ring (bicyclic) bond motifs is 1. The number of aromatic hydroxyl groups is 1. The van der Waals surface area contributed by atoms with Crippen molar-refractivity contribution in [3.05, 3.63) is 5.69 Å². The van der Waals surface area contributed by atoms with Gasteiger partial charge in [-0.2, -0.15) is 10.1 Å². The first-order chi connectivity index (χ1) is 6.59. The largest absolute Gasteiger partial charge is 0.492 e. The number of hydrogen-bond donors (Lipinski definition) is 3. The Hall–Kier alpha value is -1.30. The summed E-state index contributed by atoms with van der Waals surface area (Å²) in [4.78, 5) is 7.83. The van der Waals surface area contributed by atoms with E-state index in [4.69, 9.17) is 0 Å². The second-order valence-corrected chi connectivity index (χ2v) is 3.73. The van der Waals surface area contributed by atoms with Gasteiger partial charge in [-0.25, -0.2) is 4.98 Å². The van der Waals surface area contributed by atoms with Gasteiger partial charge in [0.15, 0.2) is 5.16 Å². The third-order valence-corrected chi connectivity index (χ3v) is 2.16. The predicted molar refractivity (Wildman–Crippen MR) is 54.7 cm³/mol. The van der Waals surface area contributed by atoms with Crippen molar-refractivity contribution >= 4 is 23.7 Å². The highest BCUT2D eigenvalue weighted by Crippen LogP contribution is 2.26. The molecule has 0 bridgehead atoms. The fourth-order valence-corrected chi connectivity index (χ4v) is 1.49. The summed E-state index contributed by atoms with van der Waals surface area (Å²) in [5.74, 6) is 0.130. The molecular formula is C8H10N4OS. The van der Waals surface area contributed by atoms with Crippen LogP contribution in [0, 0.1) is 0 Å². The Labute approximate surface area is 86.0 Å². The molecule has 6 heteroatoms. The van der Waals surface area contributed by atoms with Gasteiger partial charge < -0.3 is 5.11 Å². The van der Waals surface area contributed by atoms with Crippen LogP contribution in [-0.4, -0.2) is 25.3 Å². The summed E-state index contributed by atoms with van der Waals surface area (Å²) in [7, 11) is 0. The van der Waals surface area contributed by atoms with E-state index in [0.29, 0.717) is 11.0 Å². The highest BCUT2D eigenvalue weighted by atomic mass is 32.1. The predicted octanol–water partition coefficient (Wildman–Crippen LogP) is 1.47. The molecule has 2 aromatic heterocycles. The third kappa shape index (κ3) is 1.31. The standard InChI is InChI=1S/C8H10N4OS/c1-3(2)4-5-6(12-11-4)7(13)10-8(14)9-5/h3H,1-2H3,(H,11,12)(H2,9,10,13,14). The Morgan fingerprint density at radius 2 is 2.07 bits per heavy atom. The summed E-state index contributed by atoms with van der Waals surface area (Å²) < 4.78 is 0. The van der Waals surface area contributed by atoms with E-state index in [2.05, 4.69) is 32.8 Å².